The van der Waals surface area contributed by atoms with Crippen LogP contribution < -0.4 is 10.5 Å². The van der Waals surface area contributed by atoms with Crippen LogP contribution in [0.5, 0.6) is 5.75 Å². The highest BCUT2D eigenvalue weighted by molar-refractivity contribution is 9.10. The van der Waals surface area contributed by atoms with Gasteiger partial charge in [-0.15, -0.1) is 0 Å². The lowest BCUT2D eigenvalue weighted by atomic mass is 10.2. The van der Waals surface area contributed by atoms with E-state index in [0.29, 0.717) is 20.9 Å². The zero-order valence-electron chi connectivity index (χ0n) is 11.7. The van der Waals surface area contributed by atoms with Gasteiger partial charge in [-0.25, -0.2) is 4.79 Å². The molecule has 1 heterocycles. The zero-order chi connectivity index (χ0) is 16.4. The van der Waals surface area contributed by atoms with Gasteiger partial charge >= 0.3 is 5.97 Å². The molecule has 2 N–H and O–H groups in total. The number of nitriles is 1. The molecule has 2 aromatic rings. The molecule has 1 aromatic heterocycles. The third kappa shape index (κ3) is 2.63. The van der Waals surface area contributed by atoms with E-state index in [9.17, 15) is 4.79 Å². The van der Waals surface area contributed by atoms with Gasteiger partial charge in [0.2, 0.25) is 0 Å². The highest BCUT2D eigenvalue weighted by atomic mass is 79.9. The number of methoxy groups -OCH3 is 2. The normalized spacial score (nSPS) is 10.1. The van der Waals surface area contributed by atoms with Crippen LogP contribution in [0.2, 0.25) is 5.02 Å². The molecular formula is C14H11BrClN3O3. The molecule has 0 aliphatic rings. The van der Waals surface area contributed by atoms with Crippen LogP contribution >= 0.6 is 27.5 Å². The number of ether oxygens (including phenoxy) is 2. The van der Waals surface area contributed by atoms with E-state index in [0.717, 1.165) is 0 Å². The quantitative estimate of drug-likeness (QED) is 0.821. The average Bonchev–Trinajstić information content (AvgIpc) is 2.83. The first-order valence-electron chi connectivity index (χ1n) is 5.97. The predicted molar refractivity (Wildman–Crippen MR) is 85.5 cm³/mol. The summed E-state index contributed by atoms with van der Waals surface area (Å²) in [5, 5.41) is 9.44. The van der Waals surface area contributed by atoms with E-state index < -0.39 is 5.97 Å². The molecular weight excluding hydrogens is 374 g/mol. The maximum absolute atomic E-state index is 11.9. The second-order valence-corrected chi connectivity index (χ2v) is 5.48. The Labute approximate surface area is 140 Å². The number of aromatic nitrogens is 1. The Morgan fingerprint density at radius 1 is 1.45 bits per heavy atom. The number of benzene rings is 1. The molecule has 0 bridgehead atoms. The lowest BCUT2D eigenvalue weighted by Gasteiger charge is -2.12. The third-order valence-electron chi connectivity index (χ3n) is 3.01. The molecule has 0 aliphatic carbocycles. The van der Waals surface area contributed by atoms with E-state index in [1.54, 1.807) is 12.1 Å². The van der Waals surface area contributed by atoms with Crippen molar-refractivity contribution < 1.29 is 14.3 Å². The molecule has 0 fully saturated rings. The second kappa shape index (κ2) is 6.30. The smallest absolute Gasteiger partial charge is 0.357 e. The molecule has 0 unspecified atom stereocenters. The van der Waals surface area contributed by atoms with Crippen molar-refractivity contribution in [2.75, 3.05) is 20.0 Å². The van der Waals surface area contributed by atoms with Gasteiger partial charge in [0.1, 0.15) is 6.07 Å². The summed E-state index contributed by atoms with van der Waals surface area (Å²) in [4.78, 5) is 11.9. The van der Waals surface area contributed by atoms with Crippen LogP contribution in [-0.2, 0) is 4.74 Å². The Bertz CT molecular complexity index is 772. The summed E-state index contributed by atoms with van der Waals surface area (Å²) in [6.45, 7) is 0. The summed E-state index contributed by atoms with van der Waals surface area (Å²) in [6, 6.07) is 5.22. The molecule has 0 amide bonds. The molecule has 0 aliphatic heterocycles. The number of nitrogen functional groups attached to an aromatic ring is 1. The Kier molecular flexibility index (Phi) is 4.64. The zero-order valence-corrected chi connectivity index (χ0v) is 14.0. The van der Waals surface area contributed by atoms with Crippen molar-refractivity contribution in [2.45, 2.75) is 0 Å². The standard InChI is InChI=1S/C14H11BrClN3O3/c1-21-13-9(15)3-8(4-10(13)16)19-6-7(5-17)11(18)12(19)14(20)22-2/h3-4,6H,18H2,1-2H3. The highest BCUT2D eigenvalue weighted by Gasteiger charge is 2.22. The van der Waals surface area contributed by atoms with Crippen molar-refractivity contribution in [3.8, 4) is 17.5 Å². The largest absolute Gasteiger partial charge is 0.494 e. The SMILES string of the molecule is COC(=O)c1c(N)c(C#N)cn1-c1cc(Cl)c(OC)c(Br)c1. The number of nitrogens with zero attached hydrogens (tertiary/aromatic N) is 2. The first-order valence-corrected chi connectivity index (χ1v) is 7.14. The predicted octanol–water partition coefficient (Wildman–Crippen LogP) is 3.14. The number of carbonyl (C=O) groups excluding carboxylic acids is 1. The van der Waals surface area contributed by atoms with Crippen LogP contribution in [0.1, 0.15) is 16.1 Å². The summed E-state index contributed by atoms with van der Waals surface area (Å²) >= 11 is 9.49. The minimum absolute atomic E-state index is 0.0532. The maximum Gasteiger partial charge on any atom is 0.357 e. The topological polar surface area (TPSA) is 90.3 Å². The second-order valence-electron chi connectivity index (χ2n) is 4.22. The molecule has 6 nitrogen and oxygen atoms in total. The van der Waals surface area contributed by atoms with Crippen molar-refractivity contribution in [2.24, 2.45) is 0 Å². The highest BCUT2D eigenvalue weighted by Crippen LogP contribution is 2.36. The van der Waals surface area contributed by atoms with E-state index in [2.05, 4.69) is 15.9 Å². The lowest BCUT2D eigenvalue weighted by Crippen LogP contribution is -2.11. The van der Waals surface area contributed by atoms with E-state index >= 15 is 0 Å². The minimum Gasteiger partial charge on any atom is -0.494 e. The molecule has 1 aromatic carbocycles. The molecule has 2 rings (SSSR count). The van der Waals surface area contributed by atoms with E-state index in [1.165, 1.54) is 25.0 Å². The monoisotopic (exact) mass is 383 g/mol. The number of halogens is 2. The van der Waals surface area contributed by atoms with Crippen LogP contribution in [0.25, 0.3) is 5.69 Å². The van der Waals surface area contributed by atoms with Gasteiger partial charge in [0, 0.05) is 11.9 Å². The van der Waals surface area contributed by atoms with Crippen molar-refractivity contribution in [1.29, 1.82) is 5.26 Å². The van der Waals surface area contributed by atoms with Gasteiger partial charge in [0.25, 0.3) is 0 Å². The van der Waals surface area contributed by atoms with Gasteiger partial charge in [-0.2, -0.15) is 5.26 Å². The number of carbonyl (C=O) groups is 1. The number of esters is 1. The van der Waals surface area contributed by atoms with Crippen LogP contribution in [0.15, 0.2) is 22.8 Å². The summed E-state index contributed by atoms with van der Waals surface area (Å²) < 4.78 is 11.9. The van der Waals surface area contributed by atoms with Crippen LogP contribution in [0.3, 0.4) is 0 Å². The number of anilines is 1. The Morgan fingerprint density at radius 2 is 2.14 bits per heavy atom. The van der Waals surface area contributed by atoms with Crippen LogP contribution in [0.4, 0.5) is 5.69 Å². The molecule has 0 radical (unpaired) electrons. The molecule has 114 valence electrons. The maximum atomic E-state index is 11.9. The molecule has 22 heavy (non-hydrogen) atoms. The Hall–Kier alpha value is -2.17. The minimum atomic E-state index is -0.651. The number of nitrogens with two attached hydrogens (primary N) is 1. The molecule has 0 atom stereocenters. The van der Waals surface area contributed by atoms with Crippen molar-refractivity contribution in [1.82, 2.24) is 4.57 Å². The van der Waals surface area contributed by atoms with Gasteiger partial charge in [0.05, 0.1) is 35.0 Å². The van der Waals surface area contributed by atoms with Crippen LogP contribution in [0, 0.1) is 11.3 Å². The summed E-state index contributed by atoms with van der Waals surface area (Å²) in [5.41, 5.74) is 6.67. The average molecular weight is 385 g/mol. The van der Waals surface area contributed by atoms with Crippen molar-refractivity contribution in [3.05, 3.63) is 39.1 Å². The summed E-state index contributed by atoms with van der Waals surface area (Å²) in [6.07, 6.45) is 1.45. The first kappa shape index (κ1) is 16.2. The molecule has 8 heteroatoms. The molecule has 0 saturated heterocycles. The van der Waals surface area contributed by atoms with E-state index in [-0.39, 0.29) is 16.9 Å². The van der Waals surface area contributed by atoms with Gasteiger partial charge < -0.3 is 19.8 Å². The fourth-order valence-electron chi connectivity index (χ4n) is 2.00. The Balaban J connectivity index is 2.73. The van der Waals surface area contributed by atoms with Gasteiger partial charge in [0.15, 0.2) is 11.4 Å². The fraction of sp³-hybridized carbons (Fsp3) is 0.143. The summed E-state index contributed by atoms with van der Waals surface area (Å²) in [7, 11) is 2.73. The molecule has 0 spiro atoms. The van der Waals surface area contributed by atoms with Crippen molar-refractivity contribution in [3.63, 3.8) is 0 Å². The number of rotatable bonds is 3. The summed E-state index contributed by atoms with van der Waals surface area (Å²) in [5.74, 6) is -0.187. The fourth-order valence-corrected chi connectivity index (χ4v) is 3.01. The van der Waals surface area contributed by atoms with Crippen molar-refractivity contribution >= 4 is 39.2 Å². The Morgan fingerprint density at radius 3 is 2.64 bits per heavy atom. The van der Waals surface area contributed by atoms with Gasteiger partial charge in [-0.1, -0.05) is 11.6 Å². The number of hydrogen-bond donors (Lipinski definition) is 1. The third-order valence-corrected chi connectivity index (χ3v) is 3.88. The number of hydrogen-bond acceptors (Lipinski definition) is 5. The first-order chi connectivity index (χ1) is 10.4. The lowest BCUT2D eigenvalue weighted by molar-refractivity contribution is 0.0593. The van der Waals surface area contributed by atoms with Gasteiger partial charge in [-0.05, 0) is 28.1 Å². The molecule has 0 saturated carbocycles. The van der Waals surface area contributed by atoms with Crippen LogP contribution in [-0.4, -0.2) is 24.8 Å². The van der Waals surface area contributed by atoms with E-state index in [1.807, 2.05) is 6.07 Å². The van der Waals surface area contributed by atoms with E-state index in [4.69, 9.17) is 32.1 Å². The van der Waals surface area contributed by atoms with Gasteiger partial charge in [-0.3, -0.25) is 0 Å².